The maximum absolute atomic E-state index is 13.6. The van der Waals surface area contributed by atoms with Gasteiger partial charge in [-0.25, -0.2) is 22.7 Å². The predicted octanol–water partition coefficient (Wildman–Crippen LogP) is 2.54. The largest absolute Gasteiger partial charge is 0.379 e. The van der Waals surface area contributed by atoms with E-state index in [-0.39, 0.29) is 16.9 Å². The van der Waals surface area contributed by atoms with E-state index in [1.807, 2.05) is 0 Å². The van der Waals surface area contributed by atoms with Crippen molar-refractivity contribution < 1.29 is 22.7 Å². The number of rotatable bonds is 6. The Labute approximate surface area is 170 Å². The summed E-state index contributed by atoms with van der Waals surface area (Å²) in [6.45, 7) is 3.98. The first-order valence-electron chi connectivity index (χ1n) is 9.54. The molecule has 0 radical (unpaired) electrons. The summed E-state index contributed by atoms with van der Waals surface area (Å²) in [5.41, 5.74) is 0.395. The van der Waals surface area contributed by atoms with Crippen LogP contribution in [0, 0.1) is 5.82 Å². The van der Waals surface area contributed by atoms with Gasteiger partial charge in [0.1, 0.15) is 17.1 Å². The van der Waals surface area contributed by atoms with Gasteiger partial charge in [-0.3, -0.25) is 9.69 Å². The van der Waals surface area contributed by atoms with Crippen molar-refractivity contribution in [1.82, 2.24) is 24.8 Å². The number of alkyl halides is 2. The zero-order valence-corrected chi connectivity index (χ0v) is 16.0. The summed E-state index contributed by atoms with van der Waals surface area (Å²) < 4.78 is 46.7. The molecule has 1 saturated heterocycles. The molecule has 158 valence electrons. The molecule has 2 aromatic heterocycles. The molecule has 10 heteroatoms. The summed E-state index contributed by atoms with van der Waals surface area (Å²) in [6.07, 6.45) is -1.60. The lowest BCUT2D eigenvalue weighted by atomic mass is 10.1. The lowest BCUT2D eigenvalue weighted by Gasteiger charge is -2.26. The topological polar surface area (TPSA) is 71.8 Å². The standard InChI is InChI=1S/C20H20F3N5O2/c21-14-3-1-13(2-4-14)16-11-17(18(22)23)28-19(26-16)15(12-25-28)20(29)24-5-6-27-7-9-30-10-8-27/h1-4,11-12,18H,5-10H2,(H,24,29). The quantitative estimate of drug-likeness (QED) is 0.665. The second-order valence-corrected chi connectivity index (χ2v) is 6.88. The van der Waals surface area contributed by atoms with Crippen LogP contribution in [0.1, 0.15) is 22.5 Å². The van der Waals surface area contributed by atoms with Gasteiger partial charge in [0.25, 0.3) is 12.3 Å². The lowest BCUT2D eigenvalue weighted by Crippen LogP contribution is -2.41. The molecule has 1 fully saturated rings. The number of nitrogens with zero attached hydrogens (tertiary/aromatic N) is 4. The van der Waals surface area contributed by atoms with Crippen molar-refractivity contribution in [1.29, 1.82) is 0 Å². The second-order valence-electron chi connectivity index (χ2n) is 6.88. The van der Waals surface area contributed by atoms with E-state index in [9.17, 15) is 18.0 Å². The van der Waals surface area contributed by atoms with E-state index < -0.39 is 23.8 Å². The number of fused-ring (bicyclic) bond motifs is 1. The molecule has 3 aromatic rings. The minimum absolute atomic E-state index is 0.0241. The average Bonchev–Trinajstić information content (AvgIpc) is 3.18. The third-order valence-electron chi connectivity index (χ3n) is 4.92. The third-order valence-corrected chi connectivity index (χ3v) is 4.92. The molecule has 1 aliphatic rings. The Morgan fingerprint density at radius 2 is 1.93 bits per heavy atom. The van der Waals surface area contributed by atoms with Crippen LogP contribution in [-0.2, 0) is 4.74 Å². The average molecular weight is 419 g/mol. The highest BCUT2D eigenvalue weighted by Crippen LogP contribution is 2.26. The molecule has 1 aliphatic heterocycles. The Morgan fingerprint density at radius 3 is 2.63 bits per heavy atom. The minimum atomic E-state index is -2.83. The highest BCUT2D eigenvalue weighted by molar-refractivity contribution is 5.99. The molecule has 7 nitrogen and oxygen atoms in total. The smallest absolute Gasteiger partial charge is 0.280 e. The second kappa shape index (κ2) is 8.80. The molecule has 1 aromatic carbocycles. The van der Waals surface area contributed by atoms with Crippen molar-refractivity contribution in [3.8, 4) is 11.3 Å². The Kier molecular flexibility index (Phi) is 5.96. The molecule has 30 heavy (non-hydrogen) atoms. The van der Waals surface area contributed by atoms with E-state index in [4.69, 9.17) is 4.74 Å². The van der Waals surface area contributed by atoms with Gasteiger partial charge < -0.3 is 10.1 Å². The molecule has 3 heterocycles. The summed E-state index contributed by atoms with van der Waals surface area (Å²) in [6, 6.07) is 6.53. The van der Waals surface area contributed by atoms with Crippen molar-refractivity contribution in [3.05, 3.63) is 53.6 Å². The molecule has 0 saturated carbocycles. The molecule has 1 amide bonds. The zero-order valence-electron chi connectivity index (χ0n) is 16.0. The Hall–Kier alpha value is -2.98. The van der Waals surface area contributed by atoms with Gasteiger partial charge in [-0.1, -0.05) is 0 Å². The number of aromatic nitrogens is 3. The van der Waals surface area contributed by atoms with Crippen molar-refractivity contribution >= 4 is 11.6 Å². The number of carbonyl (C=O) groups is 1. The molecule has 0 atom stereocenters. The van der Waals surface area contributed by atoms with Crippen LogP contribution in [0.4, 0.5) is 13.2 Å². The lowest BCUT2D eigenvalue weighted by molar-refractivity contribution is 0.0383. The summed E-state index contributed by atoms with van der Waals surface area (Å²) >= 11 is 0. The first-order valence-corrected chi connectivity index (χ1v) is 9.54. The number of benzene rings is 1. The van der Waals surface area contributed by atoms with E-state index in [1.54, 1.807) is 0 Å². The van der Waals surface area contributed by atoms with Gasteiger partial charge in [0.05, 0.1) is 25.1 Å². The van der Waals surface area contributed by atoms with Crippen molar-refractivity contribution in [2.24, 2.45) is 0 Å². The summed E-state index contributed by atoms with van der Waals surface area (Å²) in [4.78, 5) is 19.2. The first-order chi connectivity index (χ1) is 14.5. The van der Waals surface area contributed by atoms with Gasteiger partial charge in [0.15, 0.2) is 5.65 Å². The van der Waals surface area contributed by atoms with Crippen LogP contribution >= 0.6 is 0 Å². The third kappa shape index (κ3) is 4.29. The van der Waals surface area contributed by atoms with Crippen LogP contribution in [0.15, 0.2) is 36.5 Å². The van der Waals surface area contributed by atoms with Gasteiger partial charge >= 0.3 is 0 Å². The maximum atomic E-state index is 13.6. The van der Waals surface area contributed by atoms with Gasteiger partial charge in [-0.05, 0) is 30.3 Å². The number of halogens is 3. The molecule has 4 rings (SSSR count). The number of morpholine rings is 1. The van der Waals surface area contributed by atoms with Crippen molar-refractivity contribution in [2.75, 3.05) is 39.4 Å². The van der Waals surface area contributed by atoms with Crippen molar-refractivity contribution in [2.45, 2.75) is 6.43 Å². The Morgan fingerprint density at radius 1 is 1.20 bits per heavy atom. The van der Waals surface area contributed by atoms with Gasteiger partial charge in [-0.15, -0.1) is 0 Å². The monoisotopic (exact) mass is 419 g/mol. The van der Waals surface area contributed by atoms with Crippen molar-refractivity contribution in [3.63, 3.8) is 0 Å². The van der Waals surface area contributed by atoms with E-state index in [0.717, 1.165) is 17.6 Å². The molecule has 1 N–H and O–H groups in total. The number of hydrogen-bond acceptors (Lipinski definition) is 5. The fraction of sp³-hybridized carbons (Fsp3) is 0.350. The van der Waals surface area contributed by atoms with Crippen LogP contribution in [0.5, 0.6) is 0 Å². The molecular formula is C20H20F3N5O2. The molecule has 0 spiro atoms. The zero-order chi connectivity index (χ0) is 21.1. The SMILES string of the molecule is O=C(NCCN1CCOCC1)c1cnn2c(C(F)F)cc(-c3ccc(F)cc3)nc12. The number of ether oxygens (including phenoxy) is 1. The highest BCUT2D eigenvalue weighted by Gasteiger charge is 2.21. The fourth-order valence-electron chi connectivity index (χ4n) is 3.32. The van der Waals surface area contributed by atoms with Crippen LogP contribution in [-0.4, -0.2) is 64.8 Å². The van der Waals surface area contributed by atoms with E-state index in [1.165, 1.54) is 36.5 Å². The Balaban J connectivity index is 1.60. The summed E-state index contributed by atoms with van der Waals surface area (Å²) in [7, 11) is 0. The van der Waals surface area contributed by atoms with Gasteiger partial charge in [0, 0.05) is 31.7 Å². The van der Waals surface area contributed by atoms with Crippen LogP contribution < -0.4 is 5.32 Å². The summed E-state index contributed by atoms with van der Waals surface area (Å²) in [5, 5.41) is 6.72. The fourth-order valence-corrected chi connectivity index (χ4v) is 3.32. The van der Waals surface area contributed by atoms with E-state index in [2.05, 4.69) is 20.3 Å². The van der Waals surface area contributed by atoms with Crippen LogP contribution in [0.2, 0.25) is 0 Å². The van der Waals surface area contributed by atoms with Gasteiger partial charge in [0.2, 0.25) is 0 Å². The predicted molar refractivity (Wildman–Crippen MR) is 103 cm³/mol. The van der Waals surface area contributed by atoms with Gasteiger partial charge in [-0.2, -0.15) is 5.10 Å². The van der Waals surface area contributed by atoms with Crippen LogP contribution in [0.3, 0.4) is 0 Å². The molecular weight excluding hydrogens is 399 g/mol. The number of amides is 1. The number of hydrogen-bond donors (Lipinski definition) is 1. The molecule has 0 aliphatic carbocycles. The van der Waals surface area contributed by atoms with E-state index >= 15 is 0 Å². The van der Waals surface area contributed by atoms with E-state index in [0.29, 0.717) is 31.9 Å². The highest BCUT2D eigenvalue weighted by atomic mass is 19.3. The normalized spacial score (nSPS) is 15.1. The van der Waals surface area contributed by atoms with Crippen LogP contribution in [0.25, 0.3) is 16.9 Å². The Bertz CT molecular complexity index is 1030. The molecule has 0 bridgehead atoms. The summed E-state index contributed by atoms with van der Waals surface area (Å²) in [5.74, 6) is -0.888. The minimum Gasteiger partial charge on any atom is -0.379 e. The number of nitrogens with one attached hydrogen (secondary N) is 1. The first kappa shape index (κ1) is 20.3. The maximum Gasteiger partial charge on any atom is 0.280 e. The number of carbonyl (C=O) groups excluding carboxylic acids is 1. The molecule has 0 unspecified atom stereocenters.